The Morgan fingerprint density at radius 2 is 1.71 bits per heavy atom. The molecule has 1 aliphatic rings. The molecule has 0 unspecified atom stereocenters. The number of hydrogen-bond acceptors (Lipinski definition) is 6. The maximum Gasteiger partial charge on any atom is 0.337 e. The number of methoxy groups -OCH3 is 1. The Morgan fingerprint density at radius 3 is 2.39 bits per heavy atom. The normalized spacial score (nSPS) is 14.3. The maximum absolute atomic E-state index is 12.5. The second-order valence-electron chi connectivity index (χ2n) is 6.83. The molecule has 1 heterocycles. The van der Waals surface area contributed by atoms with Gasteiger partial charge in [0.1, 0.15) is 0 Å². The molecule has 148 valence electrons. The zero-order valence-corrected chi connectivity index (χ0v) is 16.0. The first-order chi connectivity index (χ1) is 13.6. The van der Waals surface area contributed by atoms with E-state index >= 15 is 0 Å². The maximum atomic E-state index is 12.5. The van der Waals surface area contributed by atoms with E-state index in [1.165, 1.54) is 13.5 Å². The Balaban J connectivity index is 1.62. The number of benzene rings is 2. The van der Waals surface area contributed by atoms with Crippen molar-refractivity contribution in [3.05, 3.63) is 59.2 Å². The third kappa shape index (κ3) is 5.01. The van der Waals surface area contributed by atoms with E-state index in [1.54, 1.807) is 30.3 Å². The summed E-state index contributed by atoms with van der Waals surface area (Å²) >= 11 is 0. The molecule has 0 atom stereocenters. The van der Waals surface area contributed by atoms with Gasteiger partial charge in [0.25, 0.3) is 5.91 Å². The van der Waals surface area contributed by atoms with Crippen LogP contribution < -0.4 is 16.5 Å². The summed E-state index contributed by atoms with van der Waals surface area (Å²) in [4.78, 5) is 24.0. The largest absolute Gasteiger partial charge is 0.465 e. The highest BCUT2D eigenvalue weighted by atomic mass is 16.5. The Kier molecular flexibility index (Phi) is 6.49. The predicted octanol–water partition coefficient (Wildman–Crippen LogP) is 2.80. The number of hydrazine groups is 1. The van der Waals surface area contributed by atoms with Crippen molar-refractivity contribution in [2.75, 3.05) is 31.2 Å². The number of piperidine rings is 1. The summed E-state index contributed by atoms with van der Waals surface area (Å²) in [5.74, 6) is -0.497. The molecule has 1 fully saturated rings. The van der Waals surface area contributed by atoms with Crippen molar-refractivity contribution in [2.24, 2.45) is 0 Å². The molecule has 1 saturated heterocycles. The Hall–Kier alpha value is -3.06. The minimum absolute atomic E-state index is 0.132. The monoisotopic (exact) mass is 382 g/mol. The first-order valence-corrected chi connectivity index (χ1v) is 9.43. The topological polar surface area (TPSA) is 96.7 Å². The molecule has 0 aromatic heterocycles. The van der Waals surface area contributed by atoms with Gasteiger partial charge < -0.3 is 15.8 Å². The fourth-order valence-electron chi connectivity index (χ4n) is 3.14. The molecule has 4 N–H and O–H groups in total. The van der Waals surface area contributed by atoms with E-state index in [4.69, 9.17) is 10.5 Å². The van der Waals surface area contributed by atoms with Crippen molar-refractivity contribution >= 4 is 23.3 Å². The quantitative estimate of drug-likeness (QED) is 0.525. The molecule has 7 nitrogen and oxygen atoms in total. The number of nitrogens with zero attached hydrogens (tertiary/aromatic N) is 1. The van der Waals surface area contributed by atoms with Gasteiger partial charge in [-0.05, 0) is 48.7 Å². The van der Waals surface area contributed by atoms with Crippen molar-refractivity contribution in [3.8, 4) is 0 Å². The van der Waals surface area contributed by atoms with Crippen LogP contribution in [-0.4, -0.2) is 37.1 Å². The molecule has 2 aromatic rings. The molecule has 1 aliphatic heterocycles. The van der Waals surface area contributed by atoms with Crippen molar-refractivity contribution in [2.45, 2.75) is 25.8 Å². The number of nitrogens with two attached hydrogens (primary N) is 1. The molecule has 0 radical (unpaired) electrons. The molecule has 7 heteroatoms. The minimum atomic E-state index is -0.365. The van der Waals surface area contributed by atoms with E-state index in [-0.39, 0.29) is 11.9 Å². The summed E-state index contributed by atoms with van der Waals surface area (Å²) in [6, 6.07) is 12.4. The van der Waals surface area contributed by atoms with Crippen molar-refractivity contribution in [3.63, 3.8) is 0 Å². The van der Waals surface area contributed by atoms with E-state index in [2.05, 4.69) is 10.7 Å². The van der Waals surface area contributed by atoms with E-state index < -0.39 is 0 Å². The van der Waals surface area contributed by atoms with E-state index in [1.807, 2.05) is 17.1 Å². The Morgan fingerprint density at radius 1 is 1.04 bits per heavy atom. The number of amides is 1. The van der Waals surface area contributed by atoms with Crippen molar-refractivity contribution in [1.82, 2.24) is 10.4 Å². The zero-order valence-electron chi connectivity index (χ0n) is 16.0. The molecular weight excluding hydrogens is 356 g/mol. The predicted molar refractivity (Wildman–Crippen MR) is 109 cm³/mol. The third-order valence-corrected chi connectivity index (χ3v) is 4.79. The van der Waals surface area contributed by atoms with Crippen LogP contribution in [0.1, 0.15) is 45.5 Å². The molecule has 0 aliphatic carbocycles. The Labute approximate surface area is 164 Å². The number of rotatable bonds is 6. The number of carbonyl (C=O) groups excluding carboxylic acids is 2. The smallest absolute Gasteiger partial charge is 0.337 e. The Bertz CT molecular complexity index is 830. The fraction of sp³-hybridized carbons (Fsp3) is 0.333. The minimum Gasteiger partial charge on any atom is -0.465 e. The van der Waals surface area contributed by atoms with Crippen LogP contribution in [0, 0.1) is 0 Å². The van der Waals surface area contributed by atoms with Crippen LogP contribution in [-0.2, 0) is 11.3 Å². The number of ether oxygens (including phenoxy) is 1. The van der Waals surface area contributed by atoms with Gasteiger partial charge in [0.05, 0.1) is 24.0 Å². The lowest BCUT2D eigenvalue weighted by molar-refractivity contribution is 0.0600. The number of nitrogens with one attached hydrogen (secondary N) is 2. The van der Waals surface area contributed by atoms with Gasteiger partial charge in [-0.25, -0.2) is 9.80 Å². The van der Waals surface area contributed by atoms with Gasteiger partial charge in [0.15, 0.2) is 0 Å². The molecule has 1 amide bonds. The van der Waals surface area contributed by atoms with Crippen LogP contribution >= 0.6 is 0 Å². The second-order valence-corrected chi connectivity index (χ2v) is 6.83. The van der Waals surface area contributed by atoms with Crippen LogP contribution in [0.25, 0.3) is 0 Å². The molecule has 0 spiro atoms. The highest BCUT2D eigenvalue weighted by Gasteiger charge is 2.15. The second kappa shape index (κ2) is 9.23. The average molecular weight is 382 g/mol. The molecule has 0 saturated carbocycles. The summed E-state index contributed by atoms with van der Waals surface area (Å²) in [6.45, 7) is 2.28. The lowest BCUT2D eigenvalue weighted by Gasteiger charge is -2.26. The van der Waals surface area contributed by atoms with Gasteiger partial charge in [-0.2, -0.15) is 0 Å². The number of anilines is 2. The van der Waals surface area contributed by atoms with Crippen molar-refractivity contribution in [1.29, 1.82) is 0 Å². The van der Waals surface area contributed by atoms with Crippen LogP contribution in [0.15, 0.2) is 42.5 Å². The molecule has 2 aromatic carbocycles. The van der Waals surface area contributed by atoms with Crippen LogP contribution in [0.2, 0.25) is 0 Å². The SMILES string of the molecule is COC(=O)c1ccc(CNc2cc(C(=O)NN3CCCCC3)ccc2N)cc1. The van der Waals surface area contributed by atoms with Gasteiger partial charge in [-0.15, -0.1) is 0 Å². The first-order valence-electron chi connectivity index (χ1n) is 9.43. The summed E-state index contributed by atoms with van der Waals surface area (Å²) in [5.41, 5.74) is 12.3. The summed E-state index contributed by atoms with van der Waals surface area (Å²) < 4.78 is 4.70. The van der Waals surface area contributed by atoms with Gasteiger partial charge in [-0.1, -0.05) is 18.6 Å². The number of carbonyl (C=O) groups is 2. The summed E-state index contributed by atoms with van der Waals surface area (Å²) in [7, 11) is 1.36. The zero-order chi connectivity index (χ0) is 19.9. The van der Waals surface area contributed by atoms with E-state index in [0.29, 0.717) is 29.0 Å². The van der Waals surface area contributed by atoms with Crippen LogP contribution in [0.4, 0.5) is 11.4 Å². The third-order valence-electron chi connectivity index (χ3n) is 4.79. The highest BCUT2D eigenvalue weighted by molar-refractivity contribution is 5.96. The van der Waals surface area contributed by atoms with Gasteiger partial charge in [-0.3, -0.25) is 10.2 Å². The van der Waals surface area contributed by atoms with Gasteiger partial charge in [0, 0.05) is 25.2 Å². The molecule has 28 heavy (non-hydrogen) atoms. The number of nitrogen functional groups attached to an aromatic ring is 1. The molecular formula is C21H26N4O3. The summed E-state index contributed by atoms with van der Waals surface area (Å²) in [6.07, 6.45) is 3.41. The van der Waals surface area contributed by atoms with Gasteiger partial charge >= 0.3 is 5.97 Å². The van der Waals surface area contributed by atoms with Gasteiger partial charge in [0.2, 0.25) is 0 Å². The van der Waals surface area contributed by atoms with Crippen LogP contribution in [0.3, 0.4) is 0 Å². The van der Waals surface area contributed by atoms with Crippen molar-refractivity contribution < 1.29 is 14.3 Å². The standard InChI is InChI=1S/C21H26N4O3/c1-28-21(27)16-7-5-15(6-8-16)14-23-19-13-17(9-10-18(19)22)20(26)24-25-11-3-2-4-12-25/h5-10,13,23H,2-4,11-12,14,22H2,1H3,(H,24,26). The van der Waals surface area contributed by atoms with E-state index in [9.17, 15) is 9.59 Å². The summed E-state index contributed by atoms with van der Waals surface area (Å²) in [5, 5.41) is 5.23. The lowest BCUT2D eigenvalue weighted by Crippen LogP contribution is -2.45. The number of hydrogen-bond donors (Lipinski definition) is 3. The average Bonchev–Trinajstić information content (AvgIpc) is 2.73. The molecule has 3 rings (SSSR count). The van der Waals surface area contributed by atoms with E-state index in [0.717, 1.165) is 31.5 Å². The molecule has 0 bridgehead atoms. The number of esters is 1. The lowest BCUT2D eigenvalue weighted by atomic mass is 10.1. The fourth-order valence-corrected chi connectivity index (χ4v) is 3.14. The highest BCUT2D eigenvalue weighted by Crippen LogP contribution is 2.21. The first kappa shape index (κ1) is 19.7. The van der Waals surface area contributed by atoms with Crippen LogP contribution in [0.5, 0.6) is 0 Å².